The maximum Gasteiger partial charge on any atom is 0.281 e. The van der Waals surface area contributed by atoms with Crippen molar-refractivity contribution < 1.29 is 22.7 Å². The van der Waals surface area contributed by atoms with Crippen LogP contribution in [0.5, 0.6) is 5.19 Å². The van der Waals surface area contributed by atoms with Crippen molar-refractivity contribution >= 4 is 40.2 Å². The minimum absolute atomic E-state index is 0.00339. The van der Waals surface area contributed by atoms with Crippen LogP contribution in [0.1, 0.15) is 46.2 Å². The summed E-state index contributed by atoms with van der Waals surface area (Å²) in [5.41, 5.74) is 0.800. The highest BCUT2D eigenvalue weighted by molar-refractivity contribution is 7.11. The molecule has 1 N–H and O–H groups in total. The molecule has 1 saturated heterocycles. The molecule has 6 nitrogen and oxygen atoms in total. The molecule has 1 aliphatic rings. The van der Waals surface area contributed by atoms with Gasteiger partial charge in [0.1, 0.15) is 17.6 Å². The summed E-state index contributed by atoms with van der Waals surface area (Å²) in [4.78, 5) is 23.0. The number of benzene rings is 1. The molecule has 176 valence electrons. The van der Waals surface area contributed by atoms with Gasteiger partial charge in [0.05, 0.1) is 27.0 Å². The van der Waals surface area contributed by atoms with Crippen molar-refractivity contribution in [2.75, 3.05) is 19.6 Å². The molecule has 33 heavy (non-hydrogen) atoms. The first-order chi connectivity index (χ1) is 15.9. The van der Waals surface area contributed by atoms with E-state index in [1.807, 2.05) is 10.3 Å². The molecular weight excluding hydrogens is 497 g/mol. The highest BCUT2D eigenvalue weighted by atomic mass is 35.5. The van der Waals surface area contributed by atoms with Gasteiger partial charge in [-0.2, -0.15) is 0 Å². The Bertz CT molecular complexity index is 1060. The van der Waals surface area contributed by atoms with Crippen molar-refractivity contribution in [2.24, 2.45) is 0 Å². The predicted molar refractivity (Wildman–Crippen MR) is 121 cm³/mol. The largest absolute Gasteiger partial charge is 0.467 e. The van der Waals surface area contributed by atoms with Gasteiger partial charge >= 0.3 is 0 Å². The lowest BCUT2D eigenvalue weighted by molar-refractivity contribution is 0.0701. The number of thiazole rings is 2. The molecule has 1 fully saturated rings. The summed E-state index contributed by atoms with van der Waals surface area (Å²) >= 11 is 8.52. The number of likely N-dealkylation sites (tertiary alicyclic amines) is 1. The van der Waals surface area contributed by atoms with Crippen LogP contribution in [-0.4, -0.2) is 46.5 Å². The third-order valence-electron chi connectivity index (χ3n) is 5.37. The third-order valence-corrected chi connectivity index (χ3v) is 7.30. The van der Waals surface area contributed by atoms with Crippen molar-refractivity contribution in [1.82, 2.24) is 20.2 Å². The van der Waals surface area contributed by atoms with Gasteiger partial charge in [-0.05, 0) is 25.0 Å². The number of aromatic nitrogens is 2. The average molecular weight is 517 g/mol. The van der Waals surface area contributed by atoms with Crippen LogP contribution < -0.4 is 10.1 Å². The smallest absolute Gasteiger partial charge is 0.281 e. The molecule has 4 rings (SSSR count). The van der Waals surface area contributed by atoms with Gasteiger partial charge in [-0.15, -0.1) is 11.3 Å². The van der Waals surface area contributed by atoms with Gasteiger partial charge in [0.15, 0.2) is 0 Å². The van der Waals surface area contributed by atoms with E-state index in [4.69, 9.17) is 16.3 Å². The molecule has 0 bridgehead atoms. The number of hydrogen-bond donors (Lipinski definition) is 1. The molecule has 1 atom stereocenters. The van der Waals surface area contributed by atoms with E-state index in [0.717, 1.165) is 17.4 Å². The SMILES string of the molecule is O=C(NCC(c1scnc1C(F)F)N1CCC(Oc2nccs2)CC1)c1c(F)cccc1Cl. The zero-order valence-electron chi connectivity index (χ0n) is 17.2. The predicted octanol–water partition coefficient (Wildman–Crippen LogP) is 5.34. The normalized spacial score (nSPS) is 16.2. The summed E-state index contributed by atoms with van der Waals surface area (Å²) in [6, 6.07) is 3.42. The Balaban J connectivity index is 1.48. The van der Waals surface area contributed by atoms with Gasteiger partial charge in [0.25, 0.3) is 17.5 Å². The number of alkyl halides is 2. The Hall–Kier alpha value is -2.21. The van der Waals surface area contributed by atoms with Gasteiger partial charge in [0, 0.05) is 31.2 Å². The second-order valence-electron chi connectivity index (χ2n) is 7.38. The van der Waals surface area contributed by atoms with E-state index in [1.54, 1.807) is 6.20 Å². The zero-order valence-corrected chi connectivity index (χ0v) is 19.6. The fourth-order valence-electron chi connectivity index (χ4n) is 3.77. The van der Waals surface area contributed by atoms with E-state index in [-0.39, 0.29) is 28.9 Å². The van der Waals surface area contributed by atoms with Gasteiger partial charge < -0.3 is 10.1 Å². The van der Waals surface area contributed by atoms with E-state index in [9.17, 15) is 18.0 Å². The summed E-state index contributed by atoms with van der Waals surface area (Å²) in [5.74, 6) is -1.45. The first kappa shape index (κ1) is 23.9. The molecule has 1 aliphatic heterocycles. The Kier molecular flexibility index (Phi) is 7.84. The molecule has 1 aromatic carbocycles. The number of ether oxygens (including phenoxy) is 1. The molecule has 2 aromatic heterocycles. The Labute approximate surface area is 201 Å². The van der Waals surface area contributed by atoms with Crippen molar-refractivity contribution in [1.29, 1.82) is 0 Å². The maximum atomic E-state index is 14.1. The van der Waals surface area contributed by atoms with Crippen LogP contribution in [0.2, 0.25) is 5.02 Å². The summed E-state index contributed by atoms with van der Waals surface area (Å²) in [7, 11) is 0. The number of nitrogens with one attached hydrogen (secondary N) is 1. The summed E-state index contributed by atoms with van der Waals surface area (Å²) < 4.78 is 47.2. The molecular formula is C21H20ClF3N4O2S2. The van der Waals surface area contributed by atoms with E-state index in [0.29, 0.717) is 36.0 Å². The van der Waals surface area contributed by atoms with E-state index in [2.05, 4.69) is 15.3 Å². The highest BCUT2D eigenvalue weighted by Crippen LogP contribution is 2.35. The molecule has 0 radical (unpaired) electrons. The zero-order chi connectivity index (χ0) is 23.4. The number of carbonyl (C=O) groups is 1. The molecule has 12 heteroatoms. The quantitative estimate of drug-likeness (QED) is 0.437. The van der Waals surface area contributed by atoms with Crippen LogP contribution in [0.4, 0.5) is 13.2 Å². The first-order valence-electron chi connectivity index (χ1n) is 10.2. The lowest BCUT2D eigenvalue weighted by atomic mass is 10.0. The number of rotatable bonds is 8. The van der Waals surface area contributed by atoms with Crippen LogP contribution in [0.25, 0.3) is 0 Å². The highest BCUT2D eigenvalue weighted by Gasteiger charge is 2.32. The Morgan fingerprint density at radius 1 is 1.27 bits per heavy atom. The number of piperidine rings is 1. The fraction of sp³-hybridized carbons (Fsp3) is 0.381. The second kappa shape index (κ2) is 10.8. The van der Waals surface area contributed by atoms with E-state index < -0.39 is 24.2 Å². The monoisotopic (exact) mass is 516 g/mol. The molecule has 1 unspecified atom stereocenters. The molecule has 0 aliphatic carbocycles. The average Bonchev–Trinajstić information content (AvgIpc) is 3.47. The number of carbonyl (C=O) groups excluding carboxylic acids is 1. The van der Waals surface area contributed by atoms with Crippen LogP contribution in [0, 0.1) is 5.82 Å². The van der Waals surface area contributed by atoms with Crippen molar-refractivity contribution in [3.8, 4) is 5.19 Å². The van der Waals surface area contributed by atoms with Gasteiger partial charge in [-0.1, -0.05) is 29.0 Å². The molecule has 3 aromatic rings. The Morgan fingerprint density at radius 3 is 2.73 bits per heavy atom. The summed E-state index contributed by atoms with van der Waals surface area (Å²) in [6.45, 7) is 1.14. The minimum Gasteiger partial charge on any atom is -0.467 e. The first-order valence-corrected chi connectivity index (χ1v) is 12.3. The number of hydrogen-bond acceptors (Lipinski definition) is 7. The molecule has 0 saturated carbocycles. The molecule has 3 heterocycles. The van der Waals surface area contributed by atoms with Crippen molar-refractivity contribution in [3.05, 3.63) is 62.3 Å². The molecule has 1 amide bonds. The molecule has 0 spiro atoms. The van der Waals surface area contributed by atoms with Gasteiger partial charge in [-0.25, -0.2) is 23.1 Å². The number of nitrogens with zero attached hydrogens (tertiary/aromatic N) is 3. The number of halogens is 4. The second-order valence-corrected chi connectivity index (χ2v) is 9.53. The van der Waals surface area contributed by atoms with Crippen LogP contribution in [-0.2, 0) is 0 Å². The van der Waals surface area contributed by atoms with Crippen LogP contribution in [0.15, 0.2) is 35.3 Å². The van der Waals surface area contributed by atoms with Crippen molar-refractivity contribution in [3.63, 3.8) is 0 Å². The topological polar surface area (TPSA) is 67.4 Å². The number of amides is 1. The standard InChI is InChI=1S/C21H20ClF3N4O2S2/c22-13-2-1-3-14(23)16(13)20(30)27-10-15(18-17(19(24)25)28-11-33-18)29-7-4-12(5-8-29)31-21-26-6-9-32-21/h1-3,6,9,11-12,15,19H,4-5,7-8,10H2,(H,27,30). The van der Waals surface area contributed by atoms with Gasteiger partial charge in [0.2, 0.25) is 0 Å². The minimum atomic E-state index is -2.74. The fourth-order valence-corrected chi connectivity index (χ4v) is 5.51. The van der Waals surface area contributed by atoms with E-state index >= 15 is 0 Å². The third kappa shape index (κ3) is 5.65. The summed E-state index contributed by atoms with van der Waals surface area (Å²) in [6.07, 6.45) is 0.246. The lowest BCUT2D eigenvalue weighted by Crippen LogP contribution is -2.44. The van der Waals surface area contributed by atoms with E-state index in [1.165, 1.54) is 29.0 Å². The van der Waals surface area contributed by atoms with Crippen LogP contribution >= 0.6 is 34.3 Å². The van der Waals surface area contributed by atoms with Crippen LogP contribution in [0.3, 0.4) is 0 Å². The Morgan fingerprint density at radius 2 is 2.06 bits per heavy atom. The maximum absolute atomic E-state index is 14.1. The summed E-state index contributed by atoms with van der Waals surface area (Å²) in [5, 5.41) is 5.08. The lowest BCUT2D eigenvalue weighted by Gasteiger charge is -2.37. The van der Waals surface area contributed by atoms with Gasteiger partial charge in [-0.3, -0.25) is 9.69 Å². The van der Waals surface area contributed by atoms with Crippen molar-refractivity contribution in [2.45, 2.75) is 31.4 Å².